The first-order valence-corrected chi connectivity index (χ1v) is 7.79. The quantitative estimate of drug-likeness (QED) is 0.900. The number of aryl methyl sites for hydroxylation is 1. The summed E-state index contributed by atoms with van der Waals surface area (Å²) in [5, 5.41) is 7.48. The molecule has 6 nitrogen and oxygen atoms in total. The van der Waals surface area contributed by atoms with Crippen LogP contribution < -0.4 is 11.0 Å². The molecule has 0 spiro atoms. The molecule has 1 fully saturated rings. The van der Waals surface area contributed by atoms with Crippen molar-refractivity contribution in [2.75, 3.05) is 0 Å². The lowest BCUT2D eigenvalue weighted by molar-refractivity contribution is -0.125. The minimum Gasteiger partial charge on any atom is -0.353 e. The number of hydrogen-bond donors (Lipinski definition) is 1. The monoisotopic (exact) mass is 294 g/mol. The smallest absolute Gasteiger partial charge is 0.345 e. The zero-order valence-electron chi connectivity index (χ0n) is 13.4. The Morgan fingerprint density at radius 3 is 2.57 bits per heavy atom. The first-order chi connectivity index (χ1) is 9.90. The fraction of sp³-hybridized carbons (Fsp3) is 0.800. The highest BCUT2D eigenvalue weighted by Crippen LogP contribution is 2.27. The lowest BCUT2D eigenvalue weighted by atomic mass is 9.82. The van der Waals surface area contributed by atoms with E-state index in [0.717, 1.165) is 31.5 Å². The summed E-state index contributed by atoms with van der Waals surface area (Å²) in [5.74, 6) is 1.29. The standard InChI is InChI=1S/C15H26N4O2/c1-10(2)14(20)16-12-8-6-5-7-11(12)9-13-17-19(4)15(21)18(13)3/h10-12H,5-9H2,1-4H3,(H,16,20)/t11-,12-/m1/s1. The summed E-state index contributed by atoms with van der Waals surface area (Å²) in [6.45, 7) is 3.82. The van der Waals surface area contributed by atoms with E-state index in [2.05, 4.69) is 10.4 Å². The van der Waals surface area contributed by atoms with Gasteiger partial charge in [-0.15, -0.1) is 0 Å². The summed E-state index contributed by atoms with van der Waals surface area (Å²) in [6.07, 6.45) is 5.17. The Balaban J connectivity index is 2.10. The summed E-state index contributed by atoms with van der Waals surface area (Å²) in [6, 6.07) is 0.200. The SMILES string of the molecule is CC(C)C(=O)N[C@@H]1CCCC[C@@H]1Cc1nn(C)c(=O)n1C. The summed E-state index contributed by atoms with van der Waals surface area (Å²) >= 11 is 0. The van der Waals surface area contributed by atoms with Gasteiger partial charge in [0.25, 0.3) is 0 Å². The highest BCUT2D eigenvalue weighted by atomic mass is 16.2. The van der Waals surface area contributed by atoms with Gasteiger partial charge in [-0.25, -0.2) is 9.48 Å². The van der Waals surface area contributed by atoms with Crippen LogP contribution in [0.1, 0.15) is 45.4 Å². The number of aromatic nitrogens is 3. The van der Waals surface area contributed by atoms with Gasteiger partial charge in [-0.3, -0.25) is 9.36 Å². The Morgan fingerprint density at radius 1 is 1.33 bits per heavy atom. The van der Waals surface area contributed by atoms with Gasteiger partial charge in [0.1, 0.15) is 5.82 Å². The van der Waals surface area contributed by atoms with Gasteiger partial charge in [0.15, 0.2) is 0 Å². The van der Waals surface area contributed by atoms with E-state index in [0.29, 0.717) is 5.92 Å². The molecule has 1 aromatic heterocycles. The topological polar surface area (TPSA) is 68.9 Å². The molecule has 0 saturated heterocycles. The van der Waals surface area contributed by atoms with Crippen LogP contribution in [0.5, 0.6) is 0 Å². The number of amides is 1. The van der Waals surface area contributed by atoms with Crippen LogP contribution in [0.3, 0.4) is 0 Å². The number of hydrogen-bond acceptors (Lipinski definition) is 3. The van der Waals surface area contributed by atoms with E-state index in [1.54, 1.807) is 18.7 Å². The van der Waals surface area contributed by atoms with Crippen LogP contribution in [0, 0.1) is 11.8 Å². The predicted octanol–water partition coefficient (Wildman–Crippen LogP) is 0.992. The zero-order valence-corrected chi connectivity index (χ0v) is 13.4. The summed E-state index contributed by atoms with van der Waals surface area (Å²) in [7, 11) is 3.43. The Labute approximate surface area is 125 Å². The van der Waals surface area contributed by atoms with Gasteiger partial charge < -0.3 is 5.32 Å². The summed E-state index contributed by atoms with van der Waals surface area (Å²) in [5.41, 5.74) is -0.0939. The molecule has 2 atom stereocenters. The Kier molecular flexibility index (Phi) is 4.85. The normalized spacial score (nSPS) is 22.5. The van der Waals surface area contributed by atoms with Crippen LogP contribution in [0.25, 0.3) is 0 Å². The van der Waals surface area contributed by atoms with Gasteiger partial charge in [-0.1, -0.05) is 26.7 Å². The van der Waals surface area contributed by atoms with E-state index in [9.17, 15) is 9.59 Å². The molecule has 118 valence electrons. The average molecular weight is 294 g/mol. The molecule has 1 N–H and O–H groups in total. The third-order valence-corrected chi connectivity index (χ3v) is 4.42. The number of carbonyl (C=O) groups is 1. The number of nitrogens with one attached hydrogen (secondary N) is 1. The second-order valence-electron chi connectivity index (χ2n) is 6.40. The van der Waals surface area contributed by atoms with Gasteiger partial charge in [0.2, 0.25) is 5.91 Å². The fourth-order valence-corrected chi connectivity index (χ4v) is 3.01. The number of nitrogens with zero attached hydrogens (tertiary/aromatic N) is 3. The third kappa shape index (κ3) is 3.54. The van der Waals surface area contributed by atoms with Crippen molar-refractivity contribution in [1.82, 2.24) is 19.7 Å². The summed E-state index contributed by atoms with van der Waals surface area (Å²) < 4.78 is 2.98. The van der Waals surface area contributed by atoms with Crippen LogP contribution in [-0.2, 0) is 25.3 Å². The van der Waals surface area contributed by atoms with E-state index >= 15 is 0 Å². The van der Waals surface area contributed by atoms with Crippen LogP contribution >= 0.6 is 0 Å². The minimum absolute atomic E-state index is 0.00628. The minimum atomic E-state index is -0.0939. The number of carbonyl (C=O) groups excluding carboxylic acids is 1. The molecule has 1 aliphatic rings. The molecule has 1 saturated carbocycles. The highest BCUT2D eigenvalue weighted by Gasteiger charge is 2.28. The molecule has 21 heavy (non-hydrogen) atoms. The lowest BCUT2D eigenvalue weighted by Crippen LogP contribution is -2.44. The Bertz CT molecular complexity index is 559. The van der Waals surface area contributed by atoms with Crippen molar-refractivity contribution in [3.8, 4) is 0 Å². The van der Waals surface area contributed by atoms with Crippen LogP contribution in [0.15, 0.2) is 4.79 Å². The molecule has 6 heteroatoms. The zero-order chi connectivity index (χ0) is 15.6. The van der Waals surface area contributed by atoms with Crippen molar-refractivity contribution < 1.29 is 4.79 Å². The van der Waals surface area contributed by atoms with Gasteiger partial charge in [0.05, 0.1) is 0 Å². The van der Waals surface area contributed by atoms with E-state index in [1.165, 1.54) is 11.1 Å². The second kappa shape index (κ2) is 6.45. The van der Waals surface area contributed by atoms with Crippen molar-refractivity contribution >= 4 is 5.91 Å². The van der Waals surface area contributed by atoms with Gasteiger partial charge in [-0.2, -0.15) is 5.10 Å². The molecule has 0 unspecified atom stereocenters. The fourth-order valence-electron chi connectivity index (χ4n) is 3.01. The molecule has 1 aromatic rings. The maximum atomic E-state index is 11.9. The van der Waals surface area contributed by atoms with Crippen molar-refractivity contribution in [2.45, 2.75) is 52.0 Å². The first kappa shape index (κ1) is 15.8. The number of rotatable bonds is 4. The first-order valence-electron chi connectivity index (χ1n) is 7.79. The van der Waals surface area contributed by atoms with Gasteiger partial charge in [-0.05, 0) is 18.8 Å². The third-order valence-electron chi connectivity index (χ3n) is 4.42. The van der Waals surface area contributed by atoms with E-state index < -0.39 is 0 Å². The molecule has 0 aliphatic heterocycles. The van der Waals surface area contributed by atoms with Crippen LogP contribution in [0.2, 0.25) is 0 Å². The van der Waals surface area contributed by atoms with Crippen LogP contribution in [0.4, 0.5) is 0 Å². The summed E-state index contributed by atoms with van der Waals surface area (Å²) in [4.78, 5) is 23.7. The Hall–Kier alpha value is -1.59. The van der Waals surface area contributed by atoms with Gasteiger partial charge in [0, 0.05) is 32.5 Å². The second-order valence-corrected chi connectivity index (χ2v) is 6.40. The molecule has 0 aromatic carbocycles. The van der Waals surface area contributed by atoms with Crippen molar-refractivity contribution in [1.29, 1.82) is 0 Å². The average Bonchev–Trinajstić information content (AvgIpc) is 2.68. The maximum Gasteiger partial charge on any atom is 0.345 e. The van der Waals surface area contributed by atoms with Crippen LogP contribution in [-0.4, -0.2) is 26.3 Å². The molecular weight excluding hydrogens is 268 g/mol. The van der Waals surface area contributed by atoms with E-state index in [4.69, 9.17) is 0 Å². The molecule has 1 amide bonds. The van der Waals surface area contributed by atoms with Crippen molar-refractivity contribution in [3.05, 3.63) is 16.3 Å². The molecule has 1 aliphatic carbocycles. The largest absolute Gasteiger partial charge is 0.353 e. The predicted molar refractivity (Wildman–Crippen MR) is 80.9 cm³/mol. The highest BCUT2D eigenvalue weighted by molar-refractivity contribution is 5.78. The Morgan fingerprint density at radius 2 is 2.00 bits per heavy atom. The molecule has 2 rings (SSSR count). The molecule has 1 heterocycles. The van der Waals surface area contributed by atoms with Gasteiger partial charge >= 0.3 is 5.69 Å². The molecular formula is C15H26N4O2. The maximum absolute atomic E-state index is 11.9. The van der Waals surface area contributed by atoms with E-state index in [1.807, 2.05) is 13.8 Å². The van der Waals surface area contributed by atoms with Crippen molar-refractivity contribution in [2.24, 2.45) is 25.9 Å². The lowest BCUT2D eigenvalue weighted by Gasteiger charge is -2.32. The van der Waals surface area contributed by atoms with E-state index in [-0.39, 0.29) is 23.6 Å². The van der Waals surface area contributed by atoms with Crippen molar-refractivity contribution in [3.63, 3.8) is 0 Å². The molecule has 0 bridgehead atoms. The molecule has 0 radical (unpaired) electrons.